The number of rotatable bonds is 3. The first-order valence-corrected chi connectivity index (χ1v) is 6.84. The van der Waals surface area contributed by atoms with Gasteiger partial charge in [-0.1, -0.05) is 36.7 Å². The lowest BCUT2D eigenvalue weighted by atomic mass is 9.85. The van der Waals surface area contributed by atoms with Crippen molar-refractivity contribution in [3.05, 3.63) is 28.5 Å². The number of benzene rings is 1. The molecule has 0 saturated carbocycles. The Balaban J connectivity index is 2.94. The molecule has 0 heterocycles. The maximum Gasteiger partial charge on any atom is 0.242 e. The third-order valence-electron chi connectivity index (χ3n) is 2.77. The van der Waals surface area contributed by atoms with Gasteiger partial charge in [0, 0.05) is 4.47 Å². The summed E-state index contributed by atoms with van der Waals surface area (Å²) in [7, 11) is 3.68. The molecule has 0 spiro atoms. The van der Waals surface area contributed by atoms with Gasteiger partial charge >= 0.3 is 0 Å². The van der Waals surface area contributed by atoms with Gasteiger partial charge in [-0.05, 0) is 37.7 Å². The fraction of sp³-hybridized carbons (Fsp3) is 0.500. The summed E-state index contributed by atoms with van der Waals surface area (Å²) < 4.78 is 14.4. The van der Waals surface area contributed by atoms with Gasteiger partial charge in [0.2, 0.25) is 5.91 Å². The largest absolute Gasteiger partial charge is 0.322 e. The number of nitrogens with zero attached hydrogens (tertiary/aromatic N) is 1. The van der Waals surface area contributed by atoms with E-state index in [0.717, 1.165) is 0 Å². The molecular weight excluding hydrogens is 311 g/mol. The number of halogens is 2. The Morgan fingerprint density at radius 3 is 2.37 bits per heavy atom. The Bertz CT molecular complexity index is 469. The number of nitrogens with one attached hydrogen (secondary N) is 1. The molecule has 0 aliphatic heterocycles. The zero-order valence-corrected chi connectivity index (χ0v) is 13.5. The monoisotopic (exact) mass is 330 g/mol. The molecule has 3 nitrogen and oxygen atoms in total. The molecule has 0 saturated heterocycles. The SMILES string of the molecule is CN(C)[C@H](C(=O)Nc1ccc(Br)cc1F)C(C)(C)C. The van der Waals surface area contributed by atoms with E-state index in [2.05, 4.69) is 21.2 Å². The highest BCUT2D eigenvalue weighted by molar-refractivity contribution is 9.10. The fourth-order valence-corrected chi connectivity index (χ4v) is 2.53. The molecule has 1 amide bonds. The smallest absolute Gasteiger partial charge is 0.242 e. The Morgan fingerprint density at radius 2 is 1.95 bits per heavy atom. The molecule has 0 radical (unpaired) electrons. The molecule has 0 aromatic heterocycles. The number of carbonyl (C=O) groups is 1. The van der Waals surface area contributed by atoms with Crippen LogP contribution in [0.15, 0.2) is 22.7 Å². The lowest BCUT2D eigenvalue weighted by Gasteiger charge is -2.34. The highest BCUT2D eigenvalue weighted by atomic mass is 79.9. The zero-order valence-electron chi connectivity index (χ0n) is 11.9. The van der Waals surface area contributed by atoms with Gasteiger partial charge in [0.1, 0.15) is 5.82 Å². The summed E-state index contributed by atoms with van der Waals surface area (Å²) in [6, 6.07) is 4.24. The van der Waals surface area contributed by atoms with Gasteiger partial charge in [-0.25, -0.2) is 4.39 Å². The Labute approximate surface area is 122 Å². The van der Waals surface area contributed by atoms with Crippen LogP contribution >= 0.6 is 15.9 Å². The standard InChI is InChI=1S/C14H20BrFN2O/c1-14(2,3)12(18(4)5)13(19)17-11-7-6-9(15)8-10(11)16/h6-8,12H,1-5H3,(H,17,19)/t12-/m1/s1. The number of carbonyl (C=O) groups excluding carboxylic acids is 1. The van der Waals surface area contributed by atoms with Crippen LogP contribution in [0.5, 0.6) is 0 Å². The number of hydrogen-bond acceptors (Lipinski definition) is 2. The highest BCUT2D eigenvalue weighted by Gasteiger charge is 2.33. The second kappa shape index (κ2) is 6.01. The van der Waals surface area contributed by atoms with Gasteiger partial charge < -0.3 is 5.32 Å². The van der Waals surface area contributed by atoms with Crippen LogP contribution in [0.3, 0.4) is 0 Å². The van der Waals surface area contributed by atoms with Crippen LogP contribution in [0.25, 0.3) is 0 Å². The molecule has 0 aliphatic carbocycles. The molecule has 0 fully saturated rings. The molecule has 106 valence electrons. The predicted molar refractivity (Wildman–Crippen MR) is 79.7 cm³/mol. The van der Waals surface area contributed by atoms with Gasteiger partial charge in [0.15, 0.2) is 0 Å². The zero-order chi connectivity index (χ0) is 14.8. The maximum absolute atomic E-state index is 13.7. The van der Waals surface area contributed by atoms with Crippen molar-refractivity contribution in [1.29, 1.82) is 0 Å². The first-order valence-electron chi connectivity index (χ1n) is 6.05. The van der Waals surface area contributed by atoms with E-state index in [1.54, 1.807) is 12.1 Å². The first-order chi connectivity index (χ1) is 8.62. The van der Waals surface area contributed by atoms with Crippen LogP contribution in [0, 0.1) is 11.2 Å². The summed E-state index contributed by atoms with van der Waals surface area (Å²) in [6.07, 6.45) is 0. The average molecular weight is 331 g/mol. The second-order valence-electron chi connectivity index (χ2n) is 5.85. The summed E-state index contributed by atoms with van der Waals surface area (Å²) in [5.74, 6) is -0.659. The summed E-state index contributed by atoms with van der Waals surface area (Å²) in [5.41, 5.74) is -0.0383. The number of amides is 1. The number of likely N-dealkylation sites (N-methyl/N-ethyl adjacent to an activating group) is 1. The van der Waals surface area contributed by atoms with E-state index >= 15 is 0 Å². The minimum atomic E-state index is -0.450. The van der Waals surface area contributed by atoms with Crippen LogP contribution < -0.4 is 5.32 Å². The Morgan fingerprint density at radius 1 is 1.37 bits per heavy atom. The maximum atomic E-state index is 13.7. The summed E-state index contributed by atoms with van der Waals surface area (Å²) in [4.78, 5) is 14.1. The van der Waals surface area contributed by atoms with Crippen molar-refractivity contribution in [2.24, 2.45) is 5.41 Å². The van der Waals surface area contributed by atoms with Crippen molar-refractivity contribution in [3.8, 4) is 0 Å². The van der Waals surface area contributed by atoms with Crippen molar-refractivity contribution < 1.29 is 9.18 Å². The second-order valence-corrected chi connectivity index (χ2v) is 6.76. The molecule has 0 aliphatic rings. The number of hydrogen-bond donors (Lipinski definition) is 1. The molecule has 0 unspecified atom stereocenters. The predicted octanol–water partition coefficient (Wildman–Crippen LogP) is 3.50. The molecule has 5 heteroatoms. The van der Waals surface area contributed by atoms with Crippen molar-refractivity contribution >= 4 is 27.5 Å². The third-order valence-corrected chi connectivity index (χ3v) is 3.27. The van der Waals surface area contributed by atoms with Gasteiger partial charge in [-0.3, -0.25) is 9.69 Å². The van der Waals surface area contributed by atoms with Crippen LogP contribution in [0.4, 0.5) is 10.1 Å². The van der Waals surface area contributed by atoms with Gasteiger partial charge in [-0.15, -0.1) is 0 Å². The average Bonchev–Trinajstić information content (AvgIpc) is 2.19. The minimum Gasteiger partial charge on any atom is -0.322 e. The van der Waals surface area contributed by atoms with E-state index < -0.39 is 5.82 Å². The Hall–Kier alpha value is -0.940. The molecule has 1 atom stereocenters. The van der Waals surface area contributed by atoms with E-state index in [4.69, 9.17) is 0 Å². The molecule has 19 heavy (non-hydrogen) atoms. The summed E-state index contributed by atoms with van der Waals surface area (Å²) >= 11 is 3.19. The topological polar surface area (TPSA) is 32.3 Å². The normalized spacial score (nSPS) is 13.5. The van der Waals surface area contributed by atoms with Crippen LogP contribution in [0.1, 0.15) is 20.8 Å². The van der Waals surface area contributed by atoms with Gasteiger partial charge in [0.25, 0.3) is 0 Å². The molecule has 1 aromatic carbocycles. The number of anilines is 1. The highest BCUT2D eigenvalue weighted by Crippen LogP contribution is 2.25. The summed E-state index contributed by atoms with van der Waals surface area (Å²) in [5, 5.41) is 2.65. The quantitative estimate of drug-likeness (QED) is 0.919. The van der Waals surface area contributed by atoms with E-state index in [1.165, 1.54) is 6.07 Å². The minimum absolute atomic E-state index is 0.198. The van der Waals surface area contributed by atoms with E-state index in [1.807, 2.05) is 39.8 Å². The van der Waals surface area contributed by atoms with Crippen molar-refractivity contribution in [3.63, 3.8) is 0 Å². The lowest BCUT2D eigenvalue weighted by molar-refractivity contribution is -0.123. The third kappa shape index (κ3) is 4.28. The molecule has 1 rings (SSSR count). The van der Waals surface area contributed by atoms with E-state index in [9.17, 15) is 9.18 Å². The molecule has 0 bridgehead atoms. The van der Waals surface area contributed by atoms with E-state index in [-0.39, 0.29) is 23.1 Å². The van der Waals surface area contributed by atoms with Crippen molar-refractivity contribution in [1.82, 2.24) is 4.90 Å². The molecule has 1 aromatic rings. The van der Waals surface area contributed by atoms with Crippen LogP contribution in [-0.2, 0) is 4.79 Å². The van der Waals surface area contributed by atoms with Crippen LogP contribution in [-0.4, -0.2) is 30.9 Å². The fourth-order valence-electron chi connectivity index (χ4n) is 2.19. The molecule has 1 N–H and O–H groups in total. The van der Waals surface area contributed by atoms with Crippen LogP contribution in [0.2, 0.25) is 0 Å². The Kier molecular flexibility index (Phi) is 5.10. The van der Waals surface area contributed by atoms with Gasteiger partial charge in [0.05, 0.1) is 11.7 Å². The van der Waals surface area contributed by atoms with Crippen molar-refractivity contribution in [2.75, 3.05) is 19.4 Å². The molecular formula is C14H20BrFN2O. The van der Waals surface area contributed by atoms with Gasteiger partial charge in [-0.2, -0.15) is 0 Å². The summed E-state index contributed by atoms with van der Waals surface area (Å²) in [6.45, 7) is 5.94. The first kappa shape index (κ1) is 16.1. The van der Waals surface area contributed by atoms with Crippen molar-refractivity contribution in [2.45, 2.75) is 26.8 Å². The van der Waals surface area contributed by atoms with E-state index in [0.29, 0.717) is 4.47 Å². The lowest BCUT2D eigenvalue weighted by Crippen LogP contribution is -2.48.